The number of hydrogen-bond acceptors (Lipinski definition) is 6. The predicted octanol–water partition coefficient (Wildman–Crippen LogP) is 1.75. The van der Waals surface area contributed by atoms with Crippen LogP contribution >= 0.6 is 0 Å². The smallest absolute Gasteiger partial charge is 0.342 e. The van der Waals surface area contributed by atoms with E-state index in [1.165, 1.54) is 38.4 Å². The van der Waals surface area contributed by atoms with E-state index >= 15 is 0 Å². The minimum atomic E-state index is -3.65. The summed E-state index contributed by atoms with van der Waals surface area (Å²) in [7, 11) is -0.832. The molecule has 2 aromatic rings. The van der Waals surface area contributed by atoms with Gasteiger partial charge in [-0.05, 0) is 36.8 Å². The van der Waals surface area contributed by atoms with Crippen LogP contribution in [-0.4, -0.2) is 50.4 Å². The molecule has 2 aromatic carbocycles. The molecule has 144 valence electrons. The largest absolute Gasteiger partial charge is 0.507 e. The first-order valence-electron chi connectivity index (χ1n) is 7.91. The van der Waals surface area contributed by atoms with Crippen LogP contribution < -0.4 is 5.32 Å². The van der Waals surface area contributed by atoms with Crippen molar-refractivity contribution in [1.29, 1.82) is 0 Å². The number of ether oxygens (including phenoxy) is 1. The van der Waals surface area contributed by atoms with Gasteiger partial charge in [-0.2, -0.15) is 0 Å². The molecule has 0 unspecified atom stereocenters. The Hall–Kier alpha value is -2.91. The van der Waals surface area contributed by atoms with Gasteiger partial charge in [0.25, 0.3) is 5.91 Å². The Morgan fingerprint density at radius 2 is 1.81 bits per heavy atom. The average Bonchev–Trinajstić information content (AvgIpc) is 2.61. The maximum atomic E-state index is 12.2. The Bertz CT molecular complexity index is 970. The van der Waals surface area contributed by atoms with Crippen LogP contribution in [0.25, 0.3) is 0 Å². The van der Waals surface area contributed by atoms with E-state index in [0.29, 0.717) is 11.3 Å². The van der Waals surface area contributed by atoms with E-state index in [9.17, 15) is 23.1 Å². The summed E-state index contributed by atoms with van der Waals surface area (Å²) in [6, 6.07) is 10.2. The minimum absolute atomic E-state index is 0.0274. The van der Waals surface area contributed by atoms with Crippen LogP contribution in [0.15, 0.2) is 47.4 Å². The third kappa shape index (κ3) is 4.83. The normalized spacial score (nSPS) is 11.3. The number of hydrogen-bond donors (Lipinski definition) is 2. The van der Waals surface area contributed by atoms with E-state index in [1.807, 2.05) is 0 Å². The average molecular weight is 392 g/mol. The van der Waals surface area contributed by atoms with Crippen molar-refractivity contribution in [2.75, 3.05) is 26.0 Å². The zero-order valence-corrected chi connectivity index (χ0v) is 15.9. The molecule has 9 heteroatoms. The van der Waals surface area contributed by atoms with Gasteiger partial charge < -0.3 is 15.2 Å². The van der Waals surface area contributed by atoms with Crippen LogP contribution in [0, 0.1) is 6.92 Å². The maximum Gasteiger partial charge on any atom is 0.342 e. The van der Waals surface area contributed by atoms with Crippen molar-refractivity contribution in [1.82, 2.24) is 4.31 Å². The number of esters is 1. The highest BCUT2D eigenvalue weighted by atomic mass is 32.2. The zero-order valence-electron chi connectivity index (χ0n) is 15.1. The highest BCUT2D eigenvalue weighted by molar-refractivity contribution is 7.89. The van der Waals surface area contributed by atoms with Crippen LogP contribution in [-0.2, 0) is 19.6 Å². The standard InChI is InChI=1S/C18H20N2O6S/c1-12-8-9-13(27(24,25)20(2)3)10-15(12)19-17(22)11-26-18(23)14-6-4-5-7-16(14)21/h4-10,21H,11H2,1-3H3,(H,19,22). The summed E-state index contributed by atoms with van der Waals surface area (Å²) in [5.41, 5.74) is 0.884. The molecule has 0 saturated carbocycles. The van der Waals surface area contributed by atoms with E-state index in [1.54, 1.807) is 25.1 Å². The maximum absolute atomic E-state index is 12.2. The molecule has 0 aliphatic rings. The summed E-state index contributed by atoms with van der Waals surface area (Å²) in [5.74, 6) is -1.73. The molecule has 0 atom stereocenters. The molecule has 1 amide bonds. The quantitative estimate of drug-likeness (QED) is 0.724. The fraction of sp³-hybridized carbons (Fsp3) is 0.222. The number of nitrogens with zero attached hydrogens (tertiary/aromatic N) is 1. The lowest BCUT2D eigenvalue weighted by atomic mass is 10.2. The second kappa shape index (κ2) is 8.19. The second-order valence-electron chi connectivity index (χ2n) is 5.91. The van der Waals surface area contributed by atoms with E-state index in [4.69, 9.17) is 4.74 Å². The number of phenols is 1. The van der Waals surface area contributed by atoms with Gasteiger partial charge in [-0.1, -0.05) is 18.2 Å². The summed E-state index contributed by atoms with van der Waals surface area (Å²) < 4.78 is 30.4. The number of nitrogens with one attached hydrogen (secondary N) is 1. The molecule has 0 bridgehead atoms. The molecule has 0 aliphatic heterocycles. The lowest BCUT2D eigenvalue weighted by molar-refractivity contribution is -0.119. The van der Waals surface area contributed by atoms with E-state index < -0.39 is 28.5 Å². The molecule has 0 aromatic heterocycles. The summed E-state index contributed by atoms with van der Waals surface area (Å²) in [5, 5.41) is 12.1. The molecular weight excluding hydrogens is 372 g/mol. The number of aromatic hydroxyl groups is 1. The Kier molecular flexibility index (Phi) is 6.19. The van der Waals surface area contributed by atoms with Gasteiger partial charge in [0.05, 0.1) is 4.90 Å². The Morgan fingerprint density at radius 1 is 1.15 bits per heavy atom. The first-order valence-corrected chi connectivity index (χ1v) is 9.35. The summed E-state index contributed by atoms with van der Waals surface area (Å²) >= 11 is 0. The van der Waals surface area contributed by atoms with Crippen LogP contribution in [0.1, 0.15) is 15.9 Å². The van der Waals surface area contributed by atoms with Crippen molar-refractivity contribution in [3.8, 4) is 5.75 Å². The topological polar surface area (TPSA) is 113 Å². The summed E-state index contributed by atoms with van der Waals surface area (Å²) in [6.07, 6.45) is 0. The van der Waals surface area contributed by atoms with Gasteiger partial charge in [-0.25, -0.2) is 17.5 Å². The number of rotatable bonds is 6. The first kappa shape index (κ1) is 20.4. The van der Waals surface area contributed by atoms with Crippen molar-refractivity contribution in [3.05, 3.63) is 53.6 Å². The second-order valence-corrected chi connectivity index (χ2v) is 8.06. The third-order valence-corrected chi connectivity index (χ3v) is 5.53. The van der Waals surface area contributed by atoms with Gasteiger partial charge in [-0.3, -0.25) is 4.79 Å². The van der Waals surface area contributed by atoms with Crippen LogP contribution in [0.2, 0.25) is 0 Å². The summed E-state index contributed by atoms with van der Waals surface area (Å²) in [6.45, 7) is 1.12. The molecule has 0 aliphatic carbocycles. The van der Waals surface area contributed by atoms with Crippen LogP contribution in [0.3, 0.4) is 0 Å². The van der Waals surface area contributed by atoms with Crippen molar-refractivity contribution >= 4 is 27.6 Å². The van der Waals surface area contributed by atoms with Crippen LogP contribution in [0.5, 0.6) is 5.75 Å². The van der Waals surface area contributed by atoms with E-state index in [0.717, 1.165) is 4.31 Å². The molecule has 0 fully saturated rings. The lowest BCUT2D eigenvalue weighted by Gasteiger charge is -2.14. The van der Waals surface area contributed by atoms with Crippen molar-refractivity contribution in [2.24, 2.45) is 0 Å². The molecule has 0 spiro atoms. The Balaban J connectivity index is 2.08. The predicted molar refractivity (Wildman–Crippen MR) is 99.1 cm³/mol. The fourth-order valence-corrected chi connectivity index (χ4v) is 3.08. The van der Waals surface area contributed by atoms with Gasteiger partial charge in [0.15, 0.2) is 6.61 Å². The fourth-order valence-electron chi connectivity index (χ4n) is 2.15. The molecule has 0 saturated heterocycles. The molecule has 8 nitrogen and oxygen atoms in total. The summed E-state index contributed by atoms with van der Waals surface area (Å²) in [4.78, 5) is 24.0. The van der Waals surface area contributed by atoms with Gasteiger partial charge in [0.2, 0.25) is 10.0 Å². The number of aryl methyl sites for hydroxylation is 1. The molecule has 0 heterocycles. The van der Waals surface area contributed by atoms with Crippen molar-refractivity contribution in [2.45, 2.75) is 11.8 Å². The van der Waals surface area contributed by atoms with Gasteiger partial charge in [0.1, 0.15) is 11.3 Å². The Labute approximate surface area is 157 Å². The molecular formula is C18H20N2O6S. The number of anilines is 1. The number of carbonyl (C=O) groups is 2. The highest BCUT2D eigenvalue weighted by Crippen LogP contribution is 2.22. The van der Waals surface area contributed by atoms with Gasteiger partial charge in [-0.15, -0.1) is 0 Å². The molecule has 2 rings (SSSR count). The zero-order chi connectivity index (χ0) is 20.2. The van der Waals surface area contributed by atoms with Gasteiger partial charge in [0, 0.05) is 19.8 Å². The number of benzene rings is 2. The number of phenolic OH excluding ortho intramolecular Hbond substituents is 1. The van der Waals surface area contributed by atoms with Gasteiger partial charge >= 0.3 is 5.97 Å². The third-order valence-electron chi connectivity index (χ3n) is 3.72. The number of amides is 1. The SMILES string of the molecule is Cc1ccc(S(=O)(=O)N(C)C)cc1NC(=O)COC(=O)c1ccccc1O. The van der Waals surface area contributed by atoms with Crippen molar-refractivity contribution in [3.63, 3.8) is 0 Å². The first-order chi connectivity index (χ1) is 12.6. The van der Waals surface area contributed by atoms with Crippen molar-refractivity contribution < 1.29 is 27.9 Å². The Morgan fingerprint density at radius 3 is 2.44 bits per heavy atom. The van der Waals surface area contributed by atoms with E-state index in [2.05, 4.69) is 5.32 Å². The lowest BCUT2D eigenvalue weighted by Crippen LogP contribution is -2.23. The number of sulfonamides is 1. The highest BCUT2D eigenvalue weighted by Gasteiger charge is 2.19. The monoisotopic (exact) mass is 392 g/mol. The molecule has 27 heavy (non-hydrogen) atoms. The number of para-hydroxylation sites is 1. The van der Waals surface area contributed by atoms with E-state index in [-0.39, 0.29) is 16.2 Å². The molecule has 0 radical (unpaired) electrons. The minimum Gasteiger partial charge on any atom is -0.507 e. The molecule has 2 N–H and O–H groups in total. The van der Waals surface area contributed by atoms with Crippen LogP contribution in [0.4, 0.5) is 5.69 Å². The number of carbonyl (C=O) groups excluding carboxylic acids is 2.